The Morgan fingerprint density at radius 3 is 1.14 bits per heavy atom. The van der Waals surface area contributed by atoms with E-state index in [-0.39, 0.29) is 44.0 Å². The normalized spacial score (nSPS) is 12.1. The van der Waals surface area contributed by atoms with E-state index >= 15 is 0 Å². The number of hydrogen-bond acceptors (Lipinski definition) is 5. The summed E-state index contributed by atoms with van der Waals surface area (Å²) in [5.41, 5.74) is 2.17. The van der Waals surface area contributed by atoms with Gasteiger partial charge in [-0.1, -0.05) is 91.0 Å². The molecule has 0 N–H and O–H groups in total. The molecular formula is C41H58N4O4. The van der Waals surface area contributed by atoms with Crippen LogP contribution in [0.2, 0.25) is 0 Å². The van der Waals surface area contributed by atoms with Gasteiger partial charge in [-0.05, 0) is 77.5 Å². The molecule has 0 aliphatic carbocycles. The van der Waals surface area contributed by atoms with Gasteiger partial charge in [0, 0.05) is 44.3 Å². The summed E-state index contributed by atoms with van der Waals surface area (Å²) >= 11 is 0. The Hall–Kier alpha value is -4.01. The zero-order valence-electron chi connectivity index (χ0n) is 31.2. The first-order valence-electron chi connectivity index (χ1n) is 17.2. The lowest BCUT2D eigenvalue weighted by Crippen LogP contribution is -2.53. The summed E-state index contributed by atoms with van der Waals surface area (Å²) in [6.07, 6.45) is 2.12. The van der Waals surface area contributed by atoms with Gasteiger partial charge in [0.2, 0.25) is 17.7 Å². The molecule has 0 fully saturated rings. The van der Waals surface area contributed by atoms with Crippen LogP contribution < -0.4 is 0 Å². The zero-order valence-corrected chi connectivity index (χ0v) is 31.2. The lowest BCUT2D eigenvalue weighted by atomic mass is 9.93. The maximum Gasteiger partial charge on any atom is 0.248 e. The molecule has 8 nitrogen and oxygen atoms in total. The third-order valence-corrected chi connectivity index (χ3v) is 9.78. The Labute approximate surface area is 295 Å². The van der Waals surface area contributed by atoms with E-state index in [1.165, 1.54) is 0 Å². The predicted octanol–water partition coefficient (Wildman–Crippen LogP) is 5.74. The number of amides is 3. The molecule has 3 amide bonds. The van der Waals surface area contributed by atoms with E-state index in [9.17, 15) is 14.4 Å². The molecule has 0 aliphatic heterocycles. The Bertz CT molecular complexity index is 1400. The van der Waals surface area contributed by atoms with Gasteiger partial charge in [-0.2, -0.15) is 0 Å². The number of hydrogen-bond donors (Lipinski definition) is 0. The van der Waals surface area contributed by atoms with Crippen LogP contribution in [0.5, 0.6) is 0 Å². The lowest BCUT2D eigenvalue weighted by Gasteiger charge is -2.39. The molecule has 0 unspecified atom stereocenters. The Morgan fingerprint density at radius 1 is 0.510 bits per heavy atom. The smallest absolute Gasteiger partial charge is 0.248 e. The van der Waals surface area contributed by atoms with Crippen LogP contribution in [-0.2, 0) is 38.4 Å². The van der Waals surface area contributed by atoms with Crippen LogP contribution >= 0.6 is 0 Å². The summed E-state index contributed by atoms with van der Waals surface area (Å²) in [4.78, 5) is 47.7. The van der Waals surface area contributed by atoms with Gasteiger partial charge in [-0.25, -0.2) is 0 Å². The van der Waals surface area contributed by atoms with Gasteiger partial charge >= 0.3 is 0 Å². The molecule has 266 valence electrons. The molecule has 49 heavy (non-hydrogen) atoms. The largest absolute Gasteiger partial charge is 0.370 e. The number of rotatable bonds is 18. The number of ether oxygens (including phenoxy) is 1. The first kappa shape index (κ1) is 39.4. The average molecular weight is 671 g/mol. The molecule has 0 saturated carbocycles. The van der Waals surface area contributed by atoms with E-state index < -0.39 is 16.6 Å². The Balaban J connectivity index is 1.66. The van der Waals surface area contributed by atoms with E-state index in [0.717, 1.165) is 23.1 Å². The van der Waals surface area contributed by atoms with Gasteiger partial charge in [-0.3, -0.25) is 19.3 Å². The van der Waals surface area contributed by atoms with Gasteiger partial charge < -0.3 is 19.4 Å². The maximum absolute atomic E-state index is 13.7. The van der Waals surface area contributed by atoms with E-state index in [4.69, 9.17) is 4.74 Å². The fourth-order valence-electron chi connectivity index (χ4n) is 5.91. The highest BCUT2D eigenvalue weighted by Crippen LogP contribution is 2.22. The quantitative estimate of drug-likeness (QED) is 0.161. The second kappa shape index (κ2) is 17.6. The number of nitrogens with zero attached hydrogens (tertiary/aromatic N) is 4. The molecule has 8 heteroatoms. The molecule has 0 saturated heterocycles. The van der Waals surface area contributed by atoms with Crippen LogP contribution in [0.4, 0.5) is 0 Å². The fraction of sp³-hybridized carbons (Fsp3) is 0.488. The van der Waals surface area contributed by atoms with Crippen molar-refractivity contribution in [2.75, 3.05) is 54.0 Å². The van der Waals surface area contributed by atoms with Gasteiger partial charge in [-0.15, -0.1) is 0 Å². The van der Waals surface area contributed by atoms with Gasteiger partial charge in [0.25, 0.3) is 0 Å². The zero-order chi connectivity index (χ0) is 36.2. The van der Waals surface area contributed by atoms with Crippen molar-refractivity contribution in [1.82, 2.24) is 19.6 Å². The van der Waals surface area contributed by atoms with E-state index in [2.05, 4.69) is 64.1 Å². The molecule has 0 aliphatic rings. The SMILES string of the molecule is CN(C(=O)COCCN(CC(=O)N(C)C(C)(C)Cc1ccccc1)CC(=O)N(C)C(C)(C)Cc1ccccc1)C(C)(C)Cc1ccccc1. The van der Waals surface area contributed by atoms with Crippen molar-refractivity contribution in [1.29, 1.82) is 0 Å². The molecule has 3 rings (SSSR count). The first-order chi connectivity index (χ1) is 23.0. The van der Waals surface area contributed by atoms with Crippen molar-refractivity contribution >= 4 is 17.7 Å². The van der Waals surface area contributed by atoms with Crippen molar-refractivity contribution in [3.63, 3.8) is 0 Å². The van der Waals surface area contributed by atoms with Crippen molar-refractivity contribution in [2.24, 2.45) is 0 Å². The summed E-state index contributed by atoms with van der Waals surface area (Å²) in [5.74, 6) is -0.291. The molecule has 0 radical (unpaired) electrons. The van der Waals surface area contributed by atoms with Crippen molar-refractivity contribution < 1.29 is 19.1 Å². The molecule has 0 heterocycles. The van der Waals surface area contributed by atoms with Gasteiger partial charge in [0.15, 0.2) is 0 Å². The number of likely N-dealkylation sites (N-methyl/N-ethyl adjacent to an activating group) is 3. The topological polar surface area (TPSA) is 73.4 Å². The van der Waals surface area contributed by atoms with Crippen molar-refractivity contribution in [2.45, 2.75) is 77.4 Å². The molecular weight excluding hydrogens is 612 g/mol. The monoisotopic (exact) mass is 670 g/mol. The van der Waals surface area contributed by atoms with Crippen LogP contribution in [0.3, 0.4) is 0 Å². The number of carbonyl (C=O) groups excluding carboxylic acids is 3. The minimum Gasteiger partial charge on any atom is -0.370 e. The van der Waals surface area contributed by atoms with Gasteiger partial charge in [0.1, 0.15) is 6.61 Å². The van der Waals surface area contributed by atoms with Crippen molar-refractivity contribution in [3.8, 4) is 0 Å². The fourth-order valence-corrected chi connectivity index (χ4v) is 5.91. The minimum atomic E-state index is -0.442. The minimum absolute atomic E-state index is 0.0503. The van der Waals surface area contributed by atoms with Crippen molar-refractivity contribution in [3.05, 3.63) is 108 Å². The Morgan fingerprint density at radius 2 is 0.816 bits per heavy atom. The van der Waals surface area contributed by atoms with E-state index in [1.807, 2.05) is 87.4 Å². The Kier molecular flexibility index (Phi) is 14.2. The third kappa shape index (κ3) is 12.1. The first-order valence-corrected chi connectivity index (χ1v) is 17.2. The standard InChI is InChI=1S/C41H58N4O4/c1-39(2,27-33-19-13-10-14-20-33)42(7)36(46)30-45(31-37(47)43(8)40(3,4)28-34-21-15-11-16-22-34)25-26-49-32-38(48)44(9)41(5,6)29-35-23-17-12-18-24-35/h10-24H,25-32H2,1-9H3. The predicted molar refractivity (Wildman–Crippen MR) is 198 cm³/mol. The van der Waals surface area contributed by atoms with Crippen LogP contribution in [0, 0.1) is 0 Å². The highest BCUT2D eigenvalue weighted by atomic mass is 16.5. The summed E-state index contributed by atoms with van der Waals surface area (Å²) in [6, 6.07) is 30.4. The average Bonchev–Trinajstić information content (AvgIpc) is 3.06. The molecule has 3 aromatic rings. The van der Waals surface area contributed by atoms with Crippen LogP contribution in [0.25, 0.3) is 0 Å². The summed E-state index contributed by atoms with van der Waals surface area (Å²) in [5, 5.41) is 0. The second-order valence-electron chi connectivity index (χ2n) is 15.0. The molecule has 0 bridgehead atoms. The van der Waals surface area contributed by atoms with Crippen LogP contribution in [0.15, 0.2) is 91.0 Å². The lowest BCUT2D eigenvalue weighted by molar-refractivity contribution is -0.142. The molecule has 3 aromatic carbocycles. The summed E-state index contributed by atoms with van der Waals surface area (Å²) in [6.45, 7) is 12.8. The van der Waals surface area contributed by atoms with E-state index in [0.29, 0.717) is 19.4 Å². The van der Waals surface area contributed by atoms with E-state index in [1.54, 1.807) is 21.7 Å². The molecule has 0 spiro atoms. The maximum atomic E-state index is 13.7. The van der Waals surface area contributed by atoms with Crippen LogP contribution in [0.1, 0.15) is 58.2 Å². The summed E-state index contributed by atoms with van der Waals surface area (Å²) < 4.78 is 5.89. The number of benzene rings is 3. The number of carbonyl (C=O) groups is 3. The highest BCUT2D eigenvalue weighted by molar-refractivity contribution is 5.82. The second-order valence-corrected chi connectivity index (χ2v) is 15.0. The van der Waals surface area contributed by atoms with Crippen LogP contribution in [-0.4, -0.2) is 108 Å². The molecule has 0 atom stereocenters. The summed E-state index contributed by atoms with van der Waals surface area (Å²) in [7, 11) is 5.45. The molecule has 0 aromatic heterocycles. The highest BCUT2D eigenvalue weighted by Gasteiger charge is 2.32. The van der Waals surface area contributed by atoms with Gasteiger partial charge in [0.05, 0.1) is 19.7 Å². The third-order valence-electron chi connectivity index (χ3n) is 9.78.